The molecule has 0 spiro atoms. The van der Waals surface area contributed by atoms with E-state index >= 15 is 0 Å². The third-order valence-corrected chi connectivity index (χ3v) is 3.63. The second kappa shape index (κ2) is 4.88. The summed E-state index contributed by atoms with van der Waals surface area (Å²) in [6.45, 7) is 2.66. The SMILES string of the molecule is CC(CN)c1cc2c(cc1O)CCCCC2. The first-order valence-corrected chi connectivity index (χ1v) is 6.27. The number of aromatic hydroxyl groups is 1. The summed E-state index contributed by atoms with van der Waals surface area (Å²) in [5.41, 5.74) is 9.44. The highest BCUT2D eigenvalue weighted by atomic mass is 16.3. The number of aryl methyl sites for hydroxylation is 2. The molecule has 1 unspecified atom stereocenters. The third kappa shape index (κ3) is 2.22. The van der Waals surface area contributed by atoms with Gasteiger partial charge in [-0.3, -0.25) is 0 Å². The molecule has 0 fully saturated rings. The molecule has 2 heteroatoms. The molecule has 1 aromatic carbocycles. The number of phenols is 1. The Labute approximate surface area is 97.5 Å². The Balaban J connectivity index is 2.38. The van der Waals surface area contributed by atoms with Crippen LogP contribution < -0.4 is 5.73 Å². The summed E-state index contributed by atoms with van der Waals surface area (Å²) < 4.78 is 0. The molecular formula is C14H21NO. The van der Waals surface area contributed by atoms with Crippen LogP contribution in [0.4, 0.5) is 0 Å². The predicted molar refractivity (Wildman–Crippen MR) is 66.8 cm³/mol. The molecular weight excluding hydrogens is 198 g/mol. The van der Waals surface area contributed by atoms with E-state index in [0.717, 1.165) is 18.4 Å². The van der Waals surface area contributed by atoms with Crippen LogP contribution in [0.1, 0.15) is 48.8 Å². The minimum Gasteiger partial charge on any atom is -0.508 e. The summed E-state index contributed by atoms with van der Waals surface area (Å²) in [4.78, 5) is 0. The van der Waals surface area contributed by atoms with Crippen LogP contribution >= 0.6 is 0 Å². The van der Waals surface area contributed by atoms with Gasteiger partial charge in [0.2, 0.25) is 0 Å². The van der Waals surface area contributed by atoms with Gasteiger partial charge in [0, 0.05) is 0 Å². The van der Waals surface area contributed by atoms with Crippen molar-refractivity contribution in [2.45, 2.75) is 44.9 Å². The molecule has 1 atom stereocenters. The first kappa shape index (κ1) is 11.5. The number of hydrogen-bond acceptors (Lipinski definition) is 2. The van der Waals surface area contributed by atoms with Gasteiger partial charge in [-0.15, -0.1) is 0 Å². The van der Waals surface area contributed by atoms with E-state index in [9.17, 15) is 5.11 Å². The molecule has 1 aromatic rings. The lowest BCUT2D eigenvalue weighted by Crippen LogP contribution is -2.10. The Kier molecular flexibility index (Phi) is 3.49. The van der Waals surface area contributed by atoms with Gasteiger partial charge in [0.05, 0.1) is 0 Å². The van der Waals surface area contributed by atoms with Gasteiger partial charge < -0.3 is 10.8 Å². The summed E-state index contributed by atoms with van der Waals surface area (Å²) in [5.74, 6) is 0.673. The van der Waals surface area contributed by atoms with Crippen LogP contribution in [0.5, 0.6) is 5.75 Å². The Bertz CT molecular complexity index is 373. The van der Waals surface area contributed by atoms with Crippen LogP contribution in [0.15, 0.2) is 12.1 Å². The molecule has 16 heavy (non-hydrogen) atoms. The molecule has 0 radical (unpaired) electrons. The van der Waals surface area contributed by atoms with E-state index in [1.165, 1.54) is 30.4 Å². The van der Waals surface area contributed by atoms with Crippen molar-refractivity contribution in [1.82, 2.24) is 0 Å². The van der Waals surface area contributed by atoms with E-state index in [4.69, 9.17) is 5.73 Å². The lowest BCUT2D eigenvalue weighted by atomic mass is 9.93. The van der Waals surface area contributed by atoms with E-state index in [-0.39, 0.29) is 5.92 Å². The highest BCUT2D eigenvalue weighted by molar-refractivity contribution is 5.44. The molecule has 0 saturated carbocycles. The van der Waals surface area contributed by atoms with Gasteiger partial charge in [-0.1, -0.05) is 19.4 Å². The molecule has 88 valence electrons. The molecule has 3 N–H and O–H groups in total. The Morgan fingerprint density at radius 2 is 1.81 bits per heavy atom. The summed E-state index contributed by atoms with van der Waals surface area (Å²) in [6.07, 6.45) is 6.09. The van der Waals surface area contributed by atoms with Gasteiger partial charge in [0.25, 0.3) is 0 Å². The van der Waals surface area contributed by atoms with Crippen molar-refractivity contribution in [2.75, 3.05) is 6.54 Å². The molecule has 0 aromatic heterocycles. The van der Waals surface area contributed by atoms with Crippen LogP contribution in [-0.4, -0.2) is 11.7 Å². The summed E-state index contributed by atoms with van der Waals surface area (Å²) >= 11 is 0. The van der Waals surface area contributed by atoms with E-state index in [1.807, 2.05) is 6.07 Å². The lowest BCUT2D eigenvalue weighted by Gasteiger charge is -2.15. The van der Waals surface area contributed by atoms with Gasteiger partial charge in [0.1, 0.15) is 5.75 Å². The molecule has 0 aliphatic heterocycles. The van der Waals surface area contributed by atoms with E-state index in [1.54, 1.807) is 0 Å². The highest BCUT2D eigenvalue weighted by Crippen LogP contribution is 2.31. The minimum atomic E-state index is 0.244. The Hall–Kier alpha value is -1.02. The number of hydrogen-bond donors (Lipinski definition) is 2. The fourth-order valence-electron chi connectivity index (χ4n) is 2.49. The zero-order valence-electron chi connectivity index (χ0n) is 10.00. The Morgan fingerprint density at radius 3 is 2.44 bits per heavy atom. The largest absolute Gasteiger partial charge is 0.508 e. The van der Waals surface area contributed by atoms with Crippen molar-refractivity contribution in [3.8, 4) is 5.75 Å². The summed E-state index contributed by atoms with van der Waals surface area (Å²) in [6, 6.07) is 4.13. The van der Waals surface area contributed by atoms with Gasteiger partial charge in [-0.05, 0) is 60.9 Å². The van der Waals surface area contributed by atoms with Crippen LogP contribution in [-0.2, 0) is 12.8 Å². The number of fused-ring (bicyclic) bond motifs is 1. The fourth-order valence-corrected chi connectivity index (χ4v) is 2.49. The molecule has 1 aliphatic carbocycles. The van der Waals surface area contributed by atoms with Gasteiger partial charge in [0.15, 0.2) is 0 Å². The second-order valence-corrected chi connectivity index (χ2v) is 4.88. The van der Waals surface area contributed by atoms with Crippen molar-refractivity contribution in [3.05, 3.63) is 28.8 Å². The molecule has 2 rings (SSSR count). The maximum absolute atomic E-state index is 10.0. The minimum absolute atomic E-state index is 0.244. The summed E-state index contributed by atoms with van der Waals surface area (Å²) in [5, 5.41) is 10.0. The van der Waals surface area contributed by atoms with Crippen molar-refractivity contribution in [1.29, 1.82) is 0 Å². The average Bonchev–Trinajstić information content (AvgIpc) is 2.51. The third-order valence-electron chi connectivity index (χ3n) is 3.63. The second-order valence-electron chi connectivity index (χ2n) is 4.88. The first-order chi connectivity index (χ1) is 7.72. The smallest absolute Gasteiger partial charge is 0.119 e. The molecule has 0 bridgehead atoms. The van der Waals surface area contributed by atoms with Gasteiger partial charge >= 0.3 is 0 Å². The number of phenolic OH excluding ortho intramolecular Hbond substituents is 1. The standard InChI is InChI=1S/C14H21NO/c1-10(9-15)13-7-11-5-3-2-4-6-12(11)8-14(13)16/h7-8,10,16H,2-6,9,15H2,1H3. The zero-order chi connectivity index (χ0) is 11.5. The Morgan fingerprint density at radius 1 is 1.19 bits per heavy atom. The molecule has 0 heterocycles. The van der Waals surface area contributed by atoms with Crippen molar-refractivity contribution < 1.29 is 5.11 Å². The maximum atomic E-state index is 10.0. The van der Waals surface area contributed by atoms with Crippen molar-refractivity contribution in [2.24, 2.45) is 5.73 Å². The molecule has 2 nitrogen and oxygen atoms in total. The lowest BCUT2D eigenvalue weighted by molar-refractivity contribution is 0.462. The normalized spacial score (nSPS) is 17.6. The molecule has 0 amide bonds. The van der Waals surface area contributed by atoms with E-state index in [2.05, 4.69) is 13.0 Å². The number of benzene rings is 1. The first-order valence-electron chi connectivity index (χ1n) is 6.27. The topological polar surface area (TPSA) is 46.2 Å². The van der Waals surface area contributed by atoms with Crippen LogP contribution in [0.3, 0.4) is 0 Å². The van der Waals surface area contributed by atoms with Gasteiger partial charge in [-0.25, -0.2) is 0 Å². The molecule has 1 aliphatic rings. The number of nitrogens with two attached hydrogens (primary N) is 1. The van der Waals surface area contributed by atoms with E-state index in [0.29, 0.717) is 12.3 Å². The number of rotatable bonds is 2. The van der Waals surface area contributed by atoms with Crippen LogP contribution in [0, 0.1) is 0 Å². The van der Waals surface area contributed by atoms with Crippen molar-refractivity contribution >= 4 is 0 Å². The monoisotopic (exact) mass is 219 g/mol. The average molecular weight is 219 g/mol. The predicted octanol–water partition coefficient (Wildman–Crippen LogP) is 2.72. The van der Waals surface area contributed by atoms with Gasteiger partial charge in [-0.2, -0.15) is 0 Å². The van der Waals surface area contributed by atoms with Crippen LogP contribution in [0.2, 0.25) is 0 Å². The fraction of sp³-hybridized carbons (Fsp3) is 0.571. The maximum Gasteiger partial charge on any atom is 0.119 e. The molecule has 0 saturated heterocycles. The summed E-state index contributed by atoms with van der Waals surface area (Å²) in [7, 11) is 0. The highest BCUT2D eigenvalue weighted by Gasteiger charge is 2.15. The zero-order valence-corrected chi connectivity index (χ0v) is 10.00. The quantitative estimate of drug-likeness (QED) is 0.751. The van der Waals surface area contributed by atoms with Crippen LogP contribution in [0.25, 0.3) is 0 Å². The van der Waals surface area contributed by atoms with Crippen molar-refractivity contribution in [3.63, 3.8) is 0 Å². The van der Waals surface area contributed by atoms with E-state index < -0.39 is 0 Å².